The molecule has 2 heterocycles. The third-order valence-corrected chi connectivity index (χ3v) is 7.87. The number of benzene rings is 1. The van der Waals surface area contributed by atoms with Gasteiger partial charge in [0.05, 0.1) is 16.8 Å². The lowest BCUT2D eigenvalue weighted by Crippen LogP contribution is -2.41. The maximum atomic E-state index is 13.7. The summed E-state index contributed by atoms with van der Waals surface area (Å²) in [5.74, 6) is -0.420. The molecule has 7 nitrogen and oxygen atoms in total. The van der Waals surface area contributed by atoms with Gasteiger partial charge >= 0.3 is 6.03 Å². The molecule has 2 aliphatic rings. The summed E-state index contributed by atoms with van der Waals surface area (Å²) in [4.78, 5) is 44.7. The molecule has 3 aromatic rings. The van der Waals surface area contributed by atoms with Gasteiger partial charge in [-0.2, -0.15) is 0 Å². The van der Waals surface area contributed by atoms with Gasteiger partial charge in [0, 0.05) is 10.9 Å². The van der Waals surface area contributed by atoms with Crippen molar-refractivity contribution in [3.63, 3.8) is 0 Å². The molecule has 2 aromatic heterocycles. The molecule has 1 saturated carbocycles. The first-order valence-electron chi connectivity index (χ1n) is 10.9. The van der Waals surface area contributed by atoms with Crippen LogP contribution in [0.4, 0.5) is 4.79 Å². The van der Waals surface area contributed by atoms with E-state index in [1.54, 1.807) is 15.9 Å². The van der Waals surface area contributed by atoms with E-state index in [1.165, 1.54) is 16.6 Å². The van der Waals surface area contributed by atoms with Gasteiger partial charge in [0.25, 0.3) is 5.56 Å². The van der Waals surface area contributed by atoms with Crippen LogP contribution >= 0.6 is 23.1 Å². The van der Waals surface area contributed by atoms with Crippen molar-refractivity contribution in [2.75, 3.05) is 5.75 Å². The molecule has 0 aliphatic heterocycles. The zero-order valence-electron chi connectivity index (χ0n) is 17.8. The Labute approximate surface area is 193 Å². The summed E-state index contributed by atoms with van der Waals surface area (Å²) >= 11 is 2.76. The van der Waals surface area contributed by atoms with Crippen LogP contribution in [0.5, 0.6) is 0 Å². The Bertz CT molecular complexity index is 1260. The highest BCUT2D eigenvalue weighted by atomic mass is 32.2. The van der Waals surface area contributed by atoms with E-state index >= 15 is 0 Å². The zero-order valence-corrected chi connectivity index (χ0v) is 19.4. The largest absolute Gasteiger partial charge is 0.335 e. The molecule has 3 amide bonds. The first-order valence-corrected chi connectivity index (χ1v) is 12.7. The van der Waals surface area contributed by atoms with Crippen molar-refractivity contribution in [3.8, 4) is 5.69 Å². The fraction of sp³-hybridized carbons (Fsp3) is 0.391. The summed E-state index contributed by atoms with van der Waals surface area (Å²) in [6.45, 7) is 2.00. The SMILES string of the molecule is Cc1ccc(-n2c(SCC(=O)NC(=O)NC3CC3)nc3sc4c(c3c2=O)CCCC4)cc1. The number of fused-ring (bicyclic) bond motifs is 3. The van der Waals surface area contributed by atoms with Crippen LogP contribution in [0.15, 0.2) is 34.2 Å². The lowest BCUT2D eigenvalue weighted by Gasteiger charge is -2.14. The van der Waals surface area contributed by atoms with Crippen molar-refractivity contribution in [2.45, 2.75) is 56.6 Å². The van der Waals surface area contributed by atoms with Gasteiger partial charge < -0.3 is 5.32 Å². The molecule has 0 radical (unpaired) electrons. The second-order valence-electron chi connectivity index (χ2n) is 8.35. The van der Waals surface area contributed by atoms with Crippen LogP contribution in [-0.2, 0) is 17.6 Å². The van der Waals surface area contributed by atoms with Gasteiger partial charge in [-0.3, -0.25) is 19.5 Å². The Kier molecular flexibility index (Phi) is 5.77. The molecule has 166 valence electrons. The fourth-order valence-corrected chi connectivity index (χ4v) is 6.06. The molecular formula is C23H24N4O3S2. The molecule has 0 bridgehead atoms. The second kappa shape index (κ2) is 8.71. The van der Waals surface area contributed by atoms with Gasteiger partial charge in [0.1, 0.15) is 4.83 Å². The van der Waals surface area contributed by atoms with E-state index in [9.17, 15) is 14.4 Å². The standard InChI is InChI=1S/C23H24N4O3S2/c1-13-6-10-15(11-7-13)27-21(29)19-16-4-2-3-5-17(16)32-20(19)26-23(27)31-12-18(28)25-22(30)24-14-8-9-14/h6-7,10-11,14H,2-5,8-9,12H2,1H3,(H2,24,25,28,30). The van der Waals surface area contributed by atoms with E-state index in [2.05, 4.69) is 10.6 Å². The van der Waals surface area contributed by atoms with E-state index in [1.807, 2.05) is 31.2 Å². The lowest BCUT2D eigenvalue weighted by molar-refractivity contribution is -0.117. The van der Waals surface area contributed by atoms with Crippen LogP contribution in [0.25, 0.3) is 15.9 Å². The van der Waals surface area contributed by atoms with Crippen LogP contribution in [0, 0.1) is 6.92 Å². The van der Waals surface area contributed by atoms with Gasteiger partial charge in [-0.25, -0.2) is 9.78 Å². The summed E-state index contributed by atoms with van der Waals surface area (Å²) in [6, 6.07) is 7.42. The molecule has 9 heteroatoms. The predicted molar refractivity (Wildman–Crippen MR) is 127 cm³/mol. The molecule has 2 N–H and O–H groups in total. The molecule has 0 spiro atoms. The van der Waals surface area contributed by atoms with Crippen molar-refractivity contribution in [2.24, 2.45) is 0 Å². The average molecular weight is 469 g/mol. The number of urea groups is 1. The monoisotopic (exact) mass is 468 g/mol. The second-order valence-corrected chi connectivity index (χ2v) is 10.4. The molecule has 5 rings (SSSR count). The van der Waals surface area contributed by atoms with E-state index in [0.29, 0.717) is 10.5 Å². The zero-order chi connectivity index (χ0) is 22.2. The fourth-order valence-electron chi connectivity index (χ4n) is 3.95. The number of aryl methyl sites for hydroxylation is 3. The van der Waals surface area contributed by atoms with E-state index in [-0.39, 0.29) is 17.4 Å². The lowest BCUT2D eigenvalue weighted by atomic mass is 9.97. The highest BCUT2D eigenvalue weighted by molar-refractivity contribution is 7.99. The molecular weight excluding hydrogens is 444 g/mol. The molecule has 0 atom stereocenters. The Morgan fingerprint density at radius 3 is 2.69 bits per heavy atom. The Hall–Kier alpha value is -2.65. The number of aromatic nitrogens is 2. The van der Waals surface area contributed by atoms with Crippen molar-refractivity contribution < 1.29 is 9.59 Å². The minimum Gasteiger partial charge on any atom is -0.335 e. The van der Waals surface area contributed by atoms with E-state index < -0.39 is 11.9 Å². The summed E-state index contributed by atoms with van der Waals surface area (Å²) in [6.07, 6.45) is 6.02. The number of nitrogens with zero attached hydrogens (tertiary/aromatic N) is 2. The van der Waals surface area contributed by atoms with Gasteiger partial charge in [0.2, 0.25) is 5.91 Å². The minimum absolute atomic E-state index is 0.00696. The van der Waals surface area contributed by atoms with Crippen molar-refractivity contribution in [3.05, 3.63) is 50.6 Å². The number of carbonyl (C=O) groups is 2. The first-order chi connectivity index (χ1) is 15.5. The molecule has 32 heavy (non-hydrogen) atoms. The van der Waals surface area contributed by atoms with Gasteiger partial charge in [-0.1, -0.05) is 29.5 Å². The highest BCUT2D eigenvalue weighted by Gasteiger charge is 2.25. The number of nitrogens with one attached hydrogen (secondary N) is 2. The number of hydrogen-bond donors (Lipinski definition) is 2. The Balaban J connectivity index is 1.49. The summed E-state index contributed by atoms with van der Waals surface area (Å²) < 4.78 is 1.60. The third-order valence-electron chi connectivity index (χ3n) is 5.75. The van der Waals surface area contributed by atoms with Crippen LogP contribution < -0.4 is 16.2 Å². The van der Waals surface area contributed by atoms with Gasteiger partial charge in [0.15, 0.2) is 5.16 Å². The quantitative estimate of drug-likeness (QED) is 0.440. The van der Waals surface area contributed by atoms with Crippen LogP contribution in [-0.4, -0.2) is 33.3 Å². The van der Waals surface area contributed by atoms with E-state index in [0.717, 1.165) is 60.2 Å². The number of imide groups is 1. The highest BCUT2D eigenvalue weighted by Crippen LogP contribution is 2.35. The number of hydrogen-bond acceptors (Lipinski definition) is 6. The van der Waals surface area contributed by atoms with Crippen LogP contribution in [0.3, 0.4) is 0 Å². The van der Waals surface area contributed by atoms with Crippen LogP contribution in [0.2, 0.25) is 0 Å². The summed E-state index contributed by atoms with van der Waals surface area (Å²) in [5.41, 5.74) is 2.87. The normalized spacial score (nSPS) is 15.4. The summed E-state index contributed by atoms with van der Waals surface area (Å²) in [5, 5.41) is 6.27. The molecule has 2 aliphatic carbocycles. The number of carbonyl (C=O) groups excluding carboxylic acids is 2. The van der Waals surface area contributed by atoms with E-state index in [4.69, 9.17) is 4.98 Å². The molecule has 1 aromatic carbocycles. The van der Waals surface area contributed by atoms with Crippen molar-refractivity contribution in [1.82, 2.24) is 20.2 Å². The maximum absolute atomic E-state index is 13.7. The number of thiophene rings is 1. The van der Waals surface area contributed by atoms with Crippen molar-refractivity contribution >= 4 is 45.3 Å². The predicted octanol–water partition coefficient (Wildman–Crippen LogP) is 3.71. The Morgan fingerprint density at radius 1 is 1.19 bits per heavy atom. The third kappa shape index (κ3) is 4.31. The average Bonchev–Trinajstić information content (AvgIpc) is 3.49. The number of thioether (sulfide) groups is 1. The van der Waals surface area contributed by atoms with Gasteiger partial charge in [-0.05, 0) is 63.1 Å². The first kappa shape index (κ1) is 21.2. The number of amides is 3. The van der Waals surface area contributed by atoms with Crippen molar-refractivity contribution in [1.29, 1.82) is 0 Å². The topological polar surface area (TPSA) is 93.1 Å². The number of rotatable bonds is 5. The smallest absolute Gasteiger partial charge is 0.321 e. The van der Waals surface area contributed by atoms with Gasteiger partial charge in [-0.15, -0.1) is 11.3 Å². The molecule has 1 fully saturated rings. The summed E-state index contributed by atoms with van der Waals surface area (Å²) in [7, 11) is 0. The minimum atomic E-state index is -0.469. The van der Waals surface area contributed by atoms with Crippen LogP contribution in [0.1, 0.15) is 41.7 Å². The molecule has 0 saturated heterocycles. The Morgan fingerprint density at radius 2 is 1.94 bits per heavy atom. The maximum Gasteiger partial charge on any atom is 0.321 e. The molecule has 0 unspecified atom stereocenters.